The van der Waals surface area contributed by atoms with E-state index < -0.39 is 34.1 Å². The molecule has 1 aliphatic rings. The number of anilines is 1. The molecule has 0 radical (unpaired) electrons. The lowest BCUT2D eigenvalue weighted by Crippen LogP contribution is -2.46. The summed E-state index contributed by atoms with van der Waals surface area (Å²) >= 11 is 1.01. The molecule has 1 fully saturated rings. The van der Waals surface area contributed by atoms with Crippen molar-refractivity contribution in [2.75, 3.05) is 18.4 Å². The van der Waals surface area contributed by atoms with Crippen molar-refractivity contribution in [3.63, 3.8) is 0 Å². The van der Waals surface area contributed by atoms with Gasteiger partial charge in [-0.15, -0.1) is 11.3 Å². The number of amides is 3. The first-order valence-electron chi connectivity index (χ1n) is 9.87. The van der Waals surface area contributed by atoms with Gasteiger partial charge in [0.1, 0.15) is 11.1 Å². The van der Waals surface area contributed by atoms with Crippen molar-refractivity contribution in [1.82, 2.24) is 20.2 Å². The smallest absolute Gasteiger partial charge is 0.352 e. The Morgan fingerprint density at radius 1 is 1.26 bits per heavy atom. The minimum Gasteiger partial charge on any atom is -0.352 e. The molecule has 14 heteroatoms. The van der Waals surface area contributed by atoms with E-state index in [9.17, 15) is 32.9 Å². The number of benzene rings is 1. The molecule has 0 bridgehead atoms. The summed E-state index contributed by atoms with van der Waals surface area (Å²) in [6.45, 7) is 3.31. The number of aromatic nitrogens is 2. The van der Waals surface area contributed by atoms with Gasteiger partial charge in [0.25, 0.3) is 11.6 Å². The van der Waals surface area contributed by atoms with Crippen molar-refractivity contribution >= 4 is 45.0 Å². The summed E-state index contributed by atoms with van der Waals surface area (Å²) in [4.78, 5) is 43.5. The number of rotatable bonds is 6. The van der Waals surface area contributed by atoms with Crippen LogP contribution in [0.3, 0.4) is 0 Å². The highest BCUT2D eigenvalue weighted by Gasteiger charge is 2.45. The van der Waals surface area contributed by atoms with E-state index in [1.165, 1.54) is 29.2 Å². The molecule has 0 aliphatic carbocycles. The average molecular weight is 494 g/mol. The van der Waals surface area contributed by atoms with Gasteiger partial charge in [-0.3, -0.25) is 20.2 Å². The Bertz CT molecular complexity index is 1320. The van der Waals surface area contributed by atoms with E-state index in [1.54, 1.807) is 13.8 Å². The molecule has 0 saturated carbocycles. The van der Waals surface area contributed by atoms with E-state index in [-0.39, 0.29) is 35.3 Å². The molecule has 0 atom stereocenters. The minimum absolute atomic E-state index is 0.0769. The second kappa shape index (κ2) is 8.20. The van der Waals surface area contributed by atoms with E-state index in [0.717, 1.165) is 11.3 Å². The summed E-state index contributed by atoms with van der Waals surface area (Å²) in [6.07, 6.45) is -4.07. The van der Waals surface area contributed by atoms with Crippen molar-refractivity contribution in [2.24, 2.45) is 0 Å². The van der Waals surface area contributed by atoms with Gasteiger partial charge in [-0.25, -0.2) is 14.8 Å². The number of fused-ring (bicyclic) bond motifs is 1. The number of urea groups is 1. The number of carbonyl (C=O) groups is 2. The van der Waals surface area contributed by atoms with Gasteiger partial charge in [0, 0.05) is 36.1 Å². The van der Waals surface area contributed by atoms with Crippen LogP contribution in [-0.2, 0) is 11.0 Å². The van der Waals surface area contributed by atoms with Gasteiger partial charge in [0.05, 0.1) is 15.5 Å². The van der Waals surface area contributed by atoms with Gasteiger partial charge < -0.3 is 10.2 Å². The molecule has 0 spiro atoms. The highest BCUT2D eigenvalue weighted by atomic mass is 32.1. The molecule has 10 nitrogen and oxygen atoms in total. The first-order valence-corrected chi connectivity index (χ1v) is 10.7. The Hall–Kier alpha value is -3.81. The third-order valence-electron chi connectivity index (χ3n) is 5.35. The number of halogens is 3. The van der Waals surface area contributed by atoms with Crippen LogP contribution in [0, 0.1) is 10.1 Å². The minimum atomic E-state index is -4.73. The van der Waals surface area contributed by atoms with E-state index >= 15 is 0 Å². The maximum Gasteiger partial charge on any atom is 0.420 e. The molecule has 178 valence electrons. The lowest BCUT2D eigenvalue weighted by atomic mass is 10.0. The van der Waals surface area contributed by atoms with Gasteiger partial charge in [-0.1, -0.05) is 0 Å². The summed E-state index contributed by atoms with van der Waals surface area (Å²) in [5, 5.41) is 16.4. The van der Waals surface area contributed by atoms with Crippen molar-refractivity contribution in [3.05, 3.63) is 46.1 Å². The van der Waals surface area contributed by atoms with Crippen LogP contribution in [0.15, 0.2) is 30.5 Å². The van der Waals surface area contributed by atoms with Crippen molar-refractivity contribution in [1.29, 1.82) is 0 Å². The molecule has 0 unspecified atom stereocenters. The molecule has 34 heavy (non-hydrogen) atoms. The van der Waals surface area contributed by atoms with Crippen molar-refractivity contribution in [2.45, 2.75) is 25.6 Å². The van der Waals surface area contributed by atoms with Crippen LogP contribution in [0.2, 0.25) is 0 Å². The number of nitro benzene ring substituents is 1. The second-order valence-corrected chi connectivity index (χ2v) is 9.02. The van der Waals surface area contributed by atoms with E-state index in [2.05, 4.69) is 20.6 Å². The third kappa shape index (κ3) is 4.23. The van der Waals surface area contributed by atoms with E-state index in [1.807, 2.05) is 0 Å². The Balaban J connectivity index is 1.62. The number of thiophene rings is 1. The van der Waals surface area contributed by atoms with Crippen LogP contribution < -0.4 is 10.6 Å². The van der Waals surface area contributed by atoms with Gasteiger partial charge in [0.15, 0.2) is 0 Å². The quantitative estimate of drug-likeness (QED) is 0.301. The molecule has 1 aliphatic heterocycles. The molecular formula is C20H17F3N6O4S. The summed E-state index contributed by atoms with van der Waals surface area (Å²) in [7, 11) is 0. The second-order valence-electron chi connectivity index (χ2n) is 7.94. The van der Waals surface area contributed by atoms with Crippen LogP contribution >= 0.6 is 11.3 Å². The van der Waals surface area contributed by atoms with Gasteiger partial charge in [-0.2, -0.15) is 13.2 Å². The van der Waals surface area contributed by atoms with Crippen LogP contribution in [-0.4, -0.2) is 50.4 Å². The number of hydrogen-bond donors (Lipinski definition) is 2. The fourth-order valence-electron chi connectivity index (χ4n) is 3.48. The van der Waals surface area contributed by atoms with Crippen LogP contribution in [0.1, 0.15) is 19.4 Å². The first kappa shape index (κ1) is 23.4. The van der Waals surface area contributed by atoms with Crippen LogP contribution in [0.25, 0.3) is 20.7 Å². The number of nitrogens with one attached hydrogen (secondary N) is 2. The predicted molar refractivity (Wildman–Crippen MR) is 117 cm³/mol. The lowest BCUT2D eigenvalue weighted by Gasteiger charge is -2.27. The maximum absolute atomic E-state index is 13.6. The Morgan fingerprint density at radius 3 is 2.62 bits per heavy atom. The molecule has 1 aromatic carbocycles. The van der Waals surface area contributed by atoms with E-state index in [0.29, 0.717) is 16.3 Å². The summed E-state index contributed by atoms with van der Waals surface area (Å²) in [5.74, 6) is -0.550. The molecule has 4 rings (SSSR count). The zero-order chi connectivity index (χ0) is 24.8. The number of hydrogen-bond acceptors (Lipinski definition) is 8. The maximum atomic E-state index is 13.6. The highest BCUT2D eigenvalue weighted by molar-refractivity contribution is 7.22. The monoisotopic (exact) mass is 494 g/mol. The van der Waals surface area contributed by atoms with E-state index in [4.69, 9.17) is 0 Å². The molecule has 3 heterocycles. The molecule has 1 saturated heterocycles. The largest absolute Gasteiger partial charge is 0.420 e. The van der Waals surface area contributed by atoms with Gasteiger partial charge >= 0.3 is 12.2 Å². The number of non-ortho nitro benzene ring substituents is 1. The predicted octanol–water partition coefficient (Wildman–Crippen LogP) is 4.03. The molecule has 3 amide bonds. The topological polar surface area (TPSA) is 130 Å². The molecular weight excluding hydrogens is 477 g/mol. The third-order valence-corrected chi connectivity index (χ3v) is 6.48. The molecule has 2 N–H and O–H groups in total. The normalized spacial score (nSPS) is 15.6. The summed E-state index contributed by atoms with van der Waals surface area (Å²) in [6, 6.07) is 4.88. The Labute approximate surface area is 193 Å². The van der Waals surface area contributed by atoms with Crippen LogP contribution in [0.5, 0.6) is 0 Å². The first-order chi connectivity index (χ1) is 15.9. The highest BCUT2D eigenvalue weighted by Crippen LogP contribution is 2.41. The zero-order valence-electron chi connectivity index (χ0n) is 17.8. The SMILES string of the molecule is CC1(C)C(=O)NC(=O)N1CCNc1ncc(C(F)(F)F)c(-c2cc3cc([N+](=O)[O-])ccc3s2)n1. The Kier molecular flexibility index (Phi) is 5.63. The van der Waals surface area contributed by atoms with Crippen LogP contribution in [0.4, 0.5) is 29.6 Å². The zero-order valence-corrected chi connectivity index (χ0v) is 18.6. The number of nitrogens with zero attached hydrogens (tertiary/aromatic N) is 4. The average Bonchev–Trinajstić information content (AvgIpc) is 3.26. The Morgan fingerprint density at radius 2 is 2.00 bits per heavy atom. The van der Waals surface area contributed by atoms with Gasteiger partial charge in [-0.05, 0) is 31.4 Å². The fraction of sp³-hybridized carbons (Fsp3) is 0.300. The number of alkyl halides is 3. The standard InChI is InChI=1S/C20H17F3N6O4S/c1-19(2)16(30)27-18(31)28(19)6-5-24-17-25-9-12(20(21,22)23)15(26-17)14-8-10-7-11(29(32)33)3-4-13(10)34-14/h3-4,7-9H,5-6H2,1-2H3,(H,24,25,26)(H,27,30,31). The lowest BCUT2D eigenvalue weighted by molar-refractivity contribution is -0.384. The van der Waals surface area contributed by atoms with Crippen molar-refractivity contribution in [3.8, 4) is 10.6 Å². The molecule has 3 aromatic rings. The molecule has 2 aromatic heterocycles. The van der Waals surface area contributed by atoms with Gasteiger partial charge in [0.2, 0.25) is 5.95 Å². The summed E-state index contributed by atoms with van der Waals surface area (Å²) in [5.41, 5.74) is -2.66. The fourth-order valence-corrected chi connectivity index (χ4v) is 4.52. The van der Waals surface area contributed by atoms with Crippen molar-refractivity contribution < 1.29 is 27.7 Å². The number of carbonyl (C=O) groups excluding carboxylic acids is 2. The number of imide groups is 1. The number of nitro groups is 1. The summed E-state index contributed by atoms with van der Waals surface area (Å²) < 4.78 is 41.5.